The summed E-state index contributed by atoms with van der Waals surface area (Å²) in [6.07, 6.45) is 26.4. The van der Waals surface area contributed by atoms with Gasteiger partial charge in [0.1, 0.15) is 0 Å². The Morgan fingerprint density at radius 3 is 2.39 bits per heavy atom. The van der Waals surface area contributed by atoms with E-state index in [9.17, 15) is 0 Å². The lowest BCUT2D eigenvalue weighted by atomic mass is 9.76. The molecule has 7 rings (SSSR count). The highest BCUT2D eigenvalue weighted by Gasteiger charge is 2.25. The van der Waals surface area contributed by atoms with E-state index in [1.165, 1.54) is 55.3 Å². The van der Waals surface area contributed by atoms with Crippen LogP contribution in [0.1, 0.15) is 67.7 Å². The second-order valence-corrected chi connectivity index (χ2v) is 12.7. The van der Waals surface area contributed by atoms with Crippen LogP contribution in [0, 0.1) is 0 Å². The van der Waals surface area contributed by atoms with Gasteiger partial charge < -0.3 is 10.6 Å². The maximum atomic E-state index is 6.61. The van der Waals surface area contributed by atoms with E-state index in [0.29, 0.717) is 5.92 Å². The summed E-state index contributed by atoms with van der Waals surface area (Å²) in [5, 5.41) is 2.62. The first kappa shape index (κ1) is 29.6. The third-order valence-electron chi connectivity index (χ3n) is 9.54. The van der Waals surface area contributed by atoms with Crippen LogP contribution >= 0.6 is 0 Å². The van der Waals surface area contributed by atoms with E-state index in [4.69, 9.17) is 5.73 Å². The van der Waals surface area contributed by atoms with Gasteiger partial charge in [-0.2, -0.15) is 0 Å². The number of hydrogen-bond acceptors (Lipinski definition) is 2. The summed E-state index contributed by atoms with van der Waals surface area (Å²) >= 11 is 0. The van der Waals surface area contributed by atoms with Crippen LogP contribution in [-0.2, 0) is 6.54 Å². The molecule has 3 aliphatic rings. The minimum atomic E-state index is 0.431. The number of allylic oxidation sites excluding steroid dienone is 12. The van der Waals surface area contributed by atoms with Crippen molar-refractivity contribution in [3.05, 3.63) is 173 Å². The minimum absolute atomic E-state index is 0.431. The monoisotopic (exact) mass is 598 g/mol. The van der Waals surface area contributed by atoms with Crippen LogP contribution in [0.4, 0.5) is 5.69 Å². The van der Waals surface area contributed by atoms with Gasteiger partial charge in [-0.3, -0.25) is 0 Å². The molecule has 0 radical (unpaired) electrons. The molecule has 2 heteroatoms. The predicted octanol–water partition coefficient (Wildman–Crippen LogP) is 11.4. The van der Waals surface area contributed by atoms with Gasteiger partial charge in [-0.1, -0.05) is 128 Å². The van der Waals surface area contributed by atoms with Gasteiger partial charge in [-0.15, -0.1) is 0 Å². The predicted molar refractivity (Wildman–Crippen MR) is 198 cm³/mol. The molecule has 0 amide bonds. The third-order valence-corrected chi connectivity index (χ3v) is 9.54. The Labute approximate surface area is 274 Å². The molecule has 228 valence electrons. The largest absolute Gasteiger partial charge is 0.400 e. The van der Waals surface area contributed by atoms with Crippen molar-refractivity contribution in [2.45, 2.75) is 52.0 Å². The lowest BCUT2D eigenvalue weighted by Gasteiger charge is -2.30. The quantitative estimate of drug-likeness (QED) is 0.229. The van der Waals surface area contributed by atoms with Crippen molar-refractivity contribution in [3.8, 4) is 11.1 Å². The Morgan fingerprint density at radius 1 is 0.848 bits per heavy atom. The lowest BCUT2D eigenvalue weighted by Crippen LogP contribution is -2.25. The summed E-state index contributed by atoms with van der Waals surface area (Å²) in [6.45, 7) is 5.43. The summed E-state index contributed by atoms with van der Waals surface area (Å²) in [4.78, 5) is 2.36. The molecule has 1 unspecified atom stereocenters. The zero-order valence-corrected chi connectivity index (χ0v) is 26.9. The van der Waals surface area contributed by atoms with Crippen molar-refractivity contribution in [2.75, 3.05) is 4.90 Å². The Bertz CT molecular complexity index is 1980. The summed E-state index contributed by atoms with van der Waals surface area (Å²) in [6, 6.07) is 28.8. The zero-order valence-electron chi connectivity index (χ0n) is 26.9. The van der Waals surface area contributed by atoms with Crippen LogP contribution in [0.5, 0.6) is 0 Å². The molecule has 0 bridgehead atoms. The molecule has 0 aromatic heterocycles. The number of fused-ring (bicyclic) bond motifs is 2. The highest BCUT2D eigenvalue weighted by molar-refractivity contribution is 6.08. The molecular weight excluding hydrogens is 556 g/mol. The van der Waals surface area contributed by atoms with E-state index in [1.54, 1.807) is 0 Å². The molecule has 0 saturated heterocycles. The number of rotatable bonds is 7. The first-order valence-corrected chi connectivity index (χ1v) is 16.6. The van der Waals surface area contributed by atoms with Crippen LogP contribution in [0.3, 0.4) is 0 Å². The highest BCUT2D eigenvalue weighted by Crippen LogP contribution is 2.46. The smallest absolute Gasteiger partial charge is 0.0601 e. The van der Waals surface area contributed by atoms with Gasteiger partial charge in [0.25, 0.3) is 0 Å². The molecule has 4 aromatic rings. The summed E-state index contributed by atoms with van der Waals surface area (Å²) in [5.74, 6) is 0.431. The number of nitrogens with two attached hydrogens (primary N) is 1. The van der Waals surface area contributed by atoms with E-state index in [-0.39, 0.29) is 0 Å². The van der Waals surface area contributed by atoms with Crippen LogP contribution in [0.25, 0.3) is 33.5 Å². The standard InChI is InChI=1S/C44H42N2/c1-31-14-13-21-39-43(31)42(32(2)24-25-33-15-5-3-6-16-33)37-19-9-10-20-38(37)44(39)35-26-28-36(29-27-35)46(30-34-17-7-4-8-18-34)41-23-12-11-22-40(41)45/h3-10,12-13,15,17-21,23-29,31H,11,14,16,22,30,45H2,1-2H3/b32-24+,33-25-. The van der Waals surface area contributed by atoms with Crippen molar-refractivity contribution in [1.29, 1.82) is 0 Å². The fourth-order valence-corrected chi connectivity index (χ4v) is 7.20. The maximum Gasteiger partial charge on any atom is 0.0601 e. The Kier molecular flexibility index (Phi) is 8.44. The molecule has 4 aromatic carbocycles. The Balaban J connectivity index is 1.35. The van der Waals surface area contributed by atoms with Gasteiger partial charge in [0.05, 0.1) is 5.70 Å². The Morgan fingerprint density at radius 2 is 1.63 bits per heavy atom. The van der Waals surface area contributed by atoms with Crippen molar-refractivity contribution < 1.29 is 0 Å². The van der Waals surface area contributed by atoms with Crippen molar-refractivity contribution in [3.63, 3.8) is 0 Å². The Hall–Kier alpha value is -5.08. The van der Waals surface area contributed by atoms with Crippen molar-refractivity contribution >= 4 is 28.1 Å². The number of hydrogen-bond donors (Lipinski definition) is 1. The summed E-state index contributed by atoms with van der Waals surface area (Å²) in [7, 11) is 0. The number of nitrogens with zero attached hydrogens (tertiary/aromatic N) is 1. The van der Waals surface area contributed by atoms with Crippen molar-refractivity contribution in [2.24, 2.45) is 5.73 Å². The lowest BCUT2D eigenvalue weighted by molar-refractivity contribution is 0.771. The van der Waals surface area contributed by atoms with Gasteiger partial charge in [-0.25, -0.2) is 0 Å². The first-order valence-electron chi connectivity index (χ1n) is 16.6. The molecule has 46 heavy (non-hydrogen) atoms. The molecule has 0 heterocycles. The topological polar surface area (TPSA) is 29.3 Å². The SMILES string of the molecule is C/C(=C\C=C1\C=CC=CC1)c1c2c(c(-c3ccc(N(Cc4ccccc4)C4=C(N)CCC=C4)cc3)c3ccccc13)C=CCC2C. The molecule has 0 saturated carbocycles. The normalized spacial score (nSPS) is 18.4. The highest BCUT2D eigenvalue weighted by atomic mass is 15.1. The van der Waals surface area contributed by atoms with E-state index in [0.717, 1.165) is 49.3 Å². The van der Waals surface area contributed by atoms with Gasteiger partial charge in [-0.05, 0) is 112 Å². The van der Waals surface area contributed by atoms with Gasteiger partial charge >= 0.3 is 0 Å². The molecule has 2 N–H and O–H groups in total. The third kappa shape index (κ3) is 5.84. The van der Waals surface area contributed by atoms with Crippen LogP contribution in [0.2, 0.25) is 0 Å². The molecule has 1 atom stereocenters. The second-order valence-electron chi connectivity index (χ2n) is 12.7. The molecule has 2 nitrogen and oxygen atoms in total. The van der Waals surface area contributed by atoms with E-state index >= 15 is 0 Å². The van der Waals surface area contributed by atoms with E-state index in [2.05, 4.69) is 158 Å². The maximum absolute atomic E-state index is 6.61. The number of benzene rings is 4. The molecule has 3 aliphatic carbocycles. The fourth-order valence-electron chi connectivity index (χ4n) is 7.20. The summed E-state index contributed by atoms with van der Waals surface area (Å²) < 4.78 is 0. The van der Waals surface area contributed by atoms with Crippen LogP contribution in [-0.4, -0.2) is 0 Å². The zero-order chi connectivity index (χ0) is 31.5. The second kappa shape index (κ2) is 13.1. The minimum Gasteiger partial charge on any atom is -0.400 e. The first-order chi connectivity index (χ1) is 22.6. The summed E-state index contributed by atoms with van der Waals surface area (Å²) in [5.41, 5.74) is 20.5. The number of anilines is 1. The fraction of sp³-hybridized carbons (Fsp3) is 0.182. The van der Waals surface area contributed by atoms with Crippen molar-refractivity contribution in [1.82, 2.24) is 0 Å². The van der Waals surface area contributed by atoms with Gasteiger partial charge in [0.15, 0.2) is 0 Å². The average molecular weight is 599 g/mol. The van der Waals surface area contributed by atoms with Crippen LogP contribution in [0.15, 0.2) is 151 Å². The molecule has 0 aliphatic heterocycles. The van der Waals surface area contributed by atoms with Crippen LogP contribution < -0.4 is 10.6 Å². The average Bonchev–Trinajstić information content (AvgIpc) is 3.10. The van der Waals surface area contributed by atoms with Gasteiger partial charge in [0, 0.05) is 17.9 Å². The van der Waals surface area contributed by atoms with E-state index < -0.39 is 0 Å². The molecule has 0 fully saturated rings. The molecule has 0 spiro atoms. The molecular formula is C44H42N2. The van der Waals surface area contributed by atoms with Gasteiger partial charge in [0.2, 0.25) is 0 Å². The van der Waals surface area contributed by atoms with E-state index in [1.807, 2.05) is 0 Å².